The average molecular weight is 284 g/mol. The topological polar surface area (TPSA) is 34.1 Å². The summed E-state index contributed by atoms with van der Waals surface area (Å²) < 4.78 is 0. The molecule has 1 aliphatic carbocycles. The molecule has 1 aromatic carbocycles. The van der Waals surface area contributed by atoms with Crippen LogP contribution in [0.15, 0.2) is 42.5 Å². The first kappa shape index (κ1) is 15.7. The van der Waals surface area contributed by atoms with Gasteiger partial charge in [0.2, 0.25) is 0 Å². The van der Waals surface area contributed by atoms with Crippen LogP contribution < -0.4 is 0 Å². The van der Waals surface area contributed by atoms with Crippen molar-refractivity contribution >= 4 is 11.6 Å². The number of benzene rings is 1. The van der Waals surface area contributed by atoms with Crippen LogP contribution in [0.1, 0.15) is 62.2 Å². The standard InChI is InChI=1S/C19H24O2/c1-15(18(21)16-9-5-3-6-10-16)11-12-17(20)19(2)13-7-4-8-14-19/h3,5-6,9-10H,1,4,7-8,11-14H2,2H3. The Balaban J connectivity index is 1.89. The van der Waals surface area contributed by atoms with Crippen molar-refractivity contribution in [2.45, 2.75) is 51.9 Å². The lowest BCUT2D eigenvalue weighted by atomic mass is 9.71. The Labute approximate surface area is 127 Å². The Hall–Kier alpha value is -1.70. The highest BCUT2D eigenvalue weighted by molar-refractivity contribution is 6.08. The van der Waals surface area contributed by atoms with E-state index in [-0.39, 0.29) is 11.2 Å². The molecule has 2 rings (SSSR count). The molecule has 0 atom stereocenters. The van der Waals surface area contributed by atoms with Gasteiger partial charge in [-0.15, -0.1) is 0 Å². The summed E-state index contributed by atoms with van der Waals surface area (Å²) in [4.78, 5) is 24.6. The fourth-order valence-electron chi connectivity index (χ4n) is 3.08. The fraction of sp³-hybridized carbons (Fsp3) is 0.474. The molecule has 1 aromatic rings. The third kappa shape index (κ3) is 3.90. The Kier molecular flexibility index (Phi) is 5.11. The molecule has 0 radical (unpaired) electrons. The van der Waals surface area contributed by atoms with Crippen LogP contribution in [0.4, 0.5) is 0 Å². The van der Waals surface area contributed by atoms with Crippen LogP contribution in [0.5, 0.6) is 0 Å². The van der Waals surface area contributed by atoms with Gasteiger partial charge in [-0.2, -0.15) is 0 Å². The smallest absolute Gasteiger partial charge is 0.188 e. The van der Waals surface area contributed by atoms with E-state index in [1.54, 1.807) is 12.1 Å². The van der Waals surface area contributed by atoms with E-state index in [1.165, 1.54) is 6.42 Å². The number of carbonyl (C=O) groups excluding carboxylic acids is 2. The maximum Gasteiger partial charge on any atom is 0.188 e. The maximum absolute atomic E-state index is 12.4. The fourth-order valence-corrected chi connectivity index (χ4v) is 3.08. The summed E-state index contributed by atoms with van der Waals surface area (Å²) in [6.45, 7) is 5.95. The monoisotopic (exact) mass is 284 g/mol. The lowest BCUT2D eigenvalue weighted by molar-refractivity contribution is -0.129. The van der Waals surface area contributed by atoms with E-state index >= 15 is 0 Å². The van der Waals surface area contributed by atoms with Crippen LogP contribution in [-0.4, -0.2) is 11.6 Å². The van der Waals surface area contributed by atoms with Crippen LogP contribution in [0.3, 0.4) is 0 Å². The first-order valence-electron chi connectivity index (χ1n) is 7.84. The van der Waals surface area contributed by atoms with E-state index in [2.05, 4.69) is 13.5 Å². The quantitative estimate of drug-likeness (QED) is 0.558. The highest BCUT2D eigenvalue weighted by Gasteiger charge is 2.33. The predicted molar refractivity (Wildman–Crippen MR) is 85.3 cm³/mol. The van der Waals surface area contributed by atoms with Gasteiger partial charge in [0.05, 0.1) is 0 Å². The van der Waals surface area contributed by atoms with Crippen molar-refractivity contribution in [3.05, 3.63) is 48.0 Å². The Morgan fingerprint density at radius 1 is 1.05 bits per heavy atom. The second kappa shape index (κ2) is 6.84. The van der Waals surface area contributed by atoms with Crippen molar-refractivity contribution < 1.29 is 9.59 Å². The average Bonchev–Trinajstić information content (AvgIpc) is 2.53. The number of allylic oxidation sites excluding steroid dienone is 1. The maximum atomic E-state index is 12.4. The van der Waals surface area contributed by atoms with Crippen molar-refractivity contribution in [2.24, 2.45) is 5.41 Å². The van der Waals surface area contributed by atoms with Gasteiger partial charge >= 0.3 is 0 Å². The molecular formula is C19H24O2. The molecule has 0 heterocycles. The Bertz CT molecular complexity index is 522. The summed E-state index contributed by atoms with van der Waals surface area (Å²) in [5, 5.41) is 0. The summed E-state index contributed by atoms with van der Waals surface area (Å²) in [6.07, 6.45) is 6.42. The first-order chi connectivity index (χ1) is 10.0. The van der Waals surface area contributed by atoms with Crippen molar-refractivity contribution in [1.29, 1.82) is 0 Å². The molecule has 0 amide bonds. The van der Waals surface area contributed by atoms with Gasteiger partial charge in [0.1, 0.15) is 5.78 Å². The molecule has 0 unspecified atom stereocenters. The predicted octanol–water partition coefficient (Wildman–Crippen LogP) is 4.75. The van der Waals surface area contributed by atoms with Gasteiger partial charge in [0, 0.05) is 17.4 Å². The normalized spacial score (nSPS) is 17.2. The molecule has 0 bridgehead atoms. The Morgan fingerprint density at radius 2 is 1.67 bits per heavy atom. The highest BCUT2D eigenvalue weighted by atomic mass is 16.1. The Morgan fingerprint density at radius 3 is 2.29 bits per heavy atom. The van der Waals surface area contributed by atoms with Gasteiger partial charge in [0.25, 0.3) is 0 Å². The van der Waals surface area contributed by atoms with Crippen molar-refractivity contribution in [3.63, 3.8) is 0 Å². The second-order valence-electron chi connectivity index (χ2n) is 6.34. The van der Waals surface area contributed by atoms with Crippen LogP contribution >= 0.6 is 0 Å². The van der Waals surface area contributed by atoms with Crippen LogP contribution in [0.2, 0.25) is 0 Å². The molecule has 1 saturated carbocycles. The lowest BCUT2D eigenvalue weighted by Crippen LogP contribution is -2.30. The summed E-state index contributed by atoms with van der Waals surface area (Å²) >= 11 is 0. The van der Waals surface area contributed by atoms with Crippen molar-refractivity contribution in [1.82, 2.24) is 0 Å². The van der Waals surface area contributed by atoms with Gasteiger partial charge in [-0.3, -0.25) is 9.59 Å². The molecule has 0 aromatic heterocycles. The summed E-state index contributed by atoms with van der Waals surface area (Å²) in [7, 11) is 0. The zero-order valence-corrected chi connectivity index (χ0v) is 12.9. The minimum atomic E-state index is -0.172. The molecular weight excluding hydrogens is 260 g/mol. The SMILES string of the molecule is C=C(CCC(=O)C1(C)CCCCC1)C(=O)c1ccccc1. The highest BCUT2D eigenvalue weighted by Crippen LogP contribution is 2.37. The van der Waals surface area contributed by atoms with E-state index in [9.17, 15) is 9.59 Å². The van der Waals surface area contributed by atoms with Crippen LogP contribution in [-0.2, 0) is 4.79 Å². The zero-order chi connectivity index (χ0) is 15.3. The van der Waals surface area contributed by atoms with Crippen LogP contribution in [0, 0.1) is 5.41 Å². The van der Waals surface area contributed by atoms with E-state index < -0.39 is 0 Å². The third-order valence-electron chi connectivity index (χ3n) is 4.64. The van der Waals surface area contributed by atoms with Gasteiger partial charge < -0.3 is 0 Å². The van der Waals surface area contributed by atoms with E-state index in [1.807, 2.05) is 18.2 Å². The summed E-state index contributed by atoms with van der Waals surface area (Å²) in [5.74, 6) is 0.251. The molecule has 0 saturated heterocycles. The van der Waals surface area contributed by atoms with Gasteiger partial charge in [0.15, 0.2) is 5.78 Å². The number of carbonyl (C=O) groups is 2. The molecule has 112 valence electrons. The van der Waals surface area contributed by atoms with Gasteiger partial charge in [-0.05, 0) is 24.8 Å². The van der Waals surface area contributed by atoms with Gasteiger partial charge in [-0.1, -0.05) is 63.1 Å². The minimum Gasteiger partial charge on any atom is -0.299 e. The van der Waals surface area contributed by atoms with Crippen molar-refractivity contribution in [2.75, 3.05) is 0 Å². The molecule has 21 heavy (non-hydrogen) atoms. The lowest BCUT2D eigenvalue weighted by Gasteiger charge is -2.32. The van der Waals surface area contributed by atoms with Crippen LogP contribution in [0.25, 0.3) is 0 Å². The number of Topliss-reactive ketones (excluding diaryl/α,β-unsaturated/α-hetero) is 2. The van der Waals surface area contributed by atoms with E-state index in [0.29, 0.717) is 29.8 Å². The number of hydrogen-bond donors (Lipinski definition) is 0. The first-order valence-corrected chi connectivity index (χ1v) is 7.84. The molecule has 2 heteroatoms. The molecule has 2 nitrogen and oxygen atoms in total. The number of ketones is 2. The molecule has 1 aliphatic rings. The number of rotatable bonds is 6. The van der Waals surface area contributed by atoms with E-state index in [0.717, 1.165) is 25.7 Å². The third-order valence-corrected chi connectivity index (χ3v) is 4.64. The largest absolute Gasteiger partial charge is 0.299 e. The van der Waals surface area contributed by atoms with E-state index in [4.69, 9.17) is 0 Å². The molecule has 1 fully saturated rings. The summed E-state index contributed by atoms with van der Waals surface area (Å²) in [5.41, 5.74) is 1.02. The molecule has 0 N–H and O–H groups in total. The van der Waals surface area contributed by atoms with Crippen molar-refractivity contribution in [3.8, 4) is 0 Å². The molecule has 0 aliphatic heterocycles. The minimum absolute atomic E-state index is 0.0443. The van der Waals surface area contributed by atoms with Gasteiger partial charge in [-0.25, -0.2) is 0 Å². The summed E-state index contributed by atoms with van der Waals surface area (Å²) in [6, 6.07) is 9.14. The molecule has 0 spiro atoms. The zero-order valence-electron chi connectivity index (χ0n) is 12.9. The second-order valence-corrected chi connectivity index (χ2v) is 6.34. The number of hydrogen-bond acceptors (Lipinski definition) is 2.